The molecule has 1 spiro atoms. The quantitative estimate of drug-likeness (QED) is 0.562. The highest BCUT2D eigenvalue weighted by Crippen LogP contribution is 2.44. The van der Waals surface area contributed by atoms with Gasteiger partial charge in [-0.2, -0.15) is 0 Å². The van der Waals surface area contributed by atoms with E-state index in [-0.39, 0.29) is 16.9 Å². The molecule has 0 radical (unpaired) electrons. The molecule has 33 heavy (non-hydrogen) atoms. The first kappa shape index (κ1) is 21.6. The van der Waals surface area contributed by atoms with Crippen molar-refractivity contribution in [3.05, 3.63) is 77.6 Å². The largest absolute Gasteiger partial charge is 0.494 e. The lowest BCUT2D eigenvalue weighted by Crippen LogP contribution is -2.51. The minimum atomic E-state index is -0.157. The predicted molar refractivity (Wildman–Crippen MR) is 133 cm³/mol. The van der Waals surface area contributed by atoms with Crippen molar-refractivity contribution in [1.82, 2.24) is 9.47 Å². The highest BCUT2D eigenvalue weighted by molar-refractivity contribution is 5.94. The van der Waals surface area contributed by atoms with Crippen molar-refractivity contribution in [2.24, 2.45) is 0 Å². The van der Waals surface area contributed by atoms with Crippen LogP contribution >= 0.6 is 0 Å². The Balaban J connectivity index is 1.36. The van der Waals surface area contributed by atoms with Crippen molar-refractivity contribution in [2.45, 2.75) is 51.5 Å². The number of hydrogen-bond acceptors (Lipinski definition) is 3. The van der Waals surface area contributed by atoms with Gasteiger partial charge in [0.15, 0.2) is 0 Å². The molecule has 1 aromatic heterocycles. The number of likely N-dealkylation sites (tertiary alicyclic amines) is 1. The van der Waals surface area contributed by atoms with Crippen molar-refractivity contribution in [3.63, 3.8) is 0 Å². The minimum absolute atomic E-state index is 0.0920. The molecule has 1 fully saturated rings. The third-order valence-electron chi connectivity index (χ3n) is 7.05. The van der Waals surface area contributed by atoms with E-state index in [2.05, 4.69) is 67.2 Å². The first-order valence-electron chi connectivity index (χ1n) is 11.9. The summed E-state index contributed by atoms with van der Waals surface area (Å²) in [5.74, 6) is 0.890. The molecule has 0 saturated carbocycles. The average molecular weight is 444 g/mol. The molecule has 2 aliphatic heterocycles. The van der Waals surface area contributed by atoms with Crippen LogP contribution in [0.1, 0.15) is 62.2 Å². The van der Waals surface area contributed by atoms with Crippen LogP contribution in [0.5, 0.6) is 5.75 Å². The predicted octanol–water partition coefficient (Wildman–Crippen LogP) is 5.73. The second kappa shape index (κ2) is 7.98. The van der Waals surface area contributed by atoms with Gasteiger partial charge < -0.3 is 19.5 Å². The van der Waals surface area contributed by atoms with Gasteiger partial charge in [0, 0.05) is 30.5 Å². The summed E-state index contributed by atoms with van der Waals surface area (Å²) in [5.41, 5.74) is 5.65. The van der Waals surface area contributed by atoms with E-state index < -0.39 is 0 Å². The smallest absolute Gasteiger partial charge is 0.253 e. The second-order valence-corrected chi connectivity index (χ2v) is 10.2. The maximum atomic E-state index is 13.1. The van der Waals surface area contributed by atoms with Gasteiger partial charge in [0.1, 0.15) is 5.75 Å². The van der Waals surface area contributed by atoms with Crippen LogP contribution in [0, 0.1) is 0 Å². The van der Waals surface area contributed by atoms with Crippen LogP contribution in [0.3, 0.4) is 0 Å². The first-order valence-corrected chi connectivity index (χ1v) is 11.9. The van der Waals surface area contributed by atoms with Crippen LogP contribution in [-0.2, 0) is 11.0 Å². The van der Waals surface area contributed by atoms with Gasteiger partial charge in [-0.25, -0.2) is 0 Å². The number of amides is 1. The fourth-order valence-corrected chi connectivity index (χ4v) is 5.12. The fraction of sp³-hybridized carbons (Fsp3) is 0.393. The highest BCUT2D eigenvalue weighted by Gasteiger charge is 2.42. The summed E-state index contributed by atoms with van der Waals surface area (Å²) < 4.78 is 7.84. The molecule has 0 bridgehead atoms. The number of hydrogen-bond donors (Lipinski definition) is 1. The Morgan fingerprint density at radius 3 is 2.45 bits per heavy atom. The summed E-state index contributed by atoms with van der Waals surface area (Å²) in [6, 6.07) is 18.6. The van der Waals surface area contributed by atoms with Gasteiger partial charge in [-0.05, 0) is 79.3 Å². The van der Waals surface area contributed by atoms with Gasteiger partial charge in [-0.1, -0.05) is 26.8 Å². The topological polar surface area (TPSA) is 46.5 Å². The number of aromatic nitrogens is 1. The molecule has 172 valence electrons. The van der Waals surface area contributed by atoms with Crippen molar-refractivity contribution in [1.29, 1.82) is 0 Å². The molecule has 2 aliphatic rings. The molecule has 2 aromatic carbocycles. The van der Waals surface area contributed by atoms with Crippen LogP contribution in [0.15, 0.2) is 60.8 Å². The Morgan fingerprint density at radius 1 is 1.06 bits per heavy atom. The number of rotatable bonds is 3. The van der Waals surface area contributed by atoms with Crippen LogP contribution < -0.4 is 10.1 Å². The Kier molecular flexibility index (Phi) is 5.23. The lowest BCUT2D eigenvalue weighted by atomic mass is 9.81. The standard InChI is InChI=1S/C28H33N3O2/c1-5-33-22-11-8-20(9-12-22)26(32)30-17-14-28(15-18-30)25-7-6-16-31(25)24-19-21(27(2,3)4)10-13-23(24)29-28/h6-13,16,19,29H,5,14-15,17-18H2,1-4H3. The first-order chi connectivity index (χ1) is 15.8. The zero-order valence-electron chi connectivity index (χ0n) is 20.0. The number of nitrogens with zero attached hydrogens (tertiary/aromatic N) is 2. The van der Waals surface area contributed by atoms with E-state index in [1.807, 2.05) is 36.1 Å². The number of benzene rings is 2. The number of piperidine rings is 1. The van der Waals surface area contributed by atoms with Crippen LogP contribution in [0.25, 0.3) is 5.69 Å². The molecule has 5 rings (SSSR count). The maximum Gasteiger partial charge on any atom is 0.253 e. The van der Waals surface area contributed by atoms with Crippen LogP contribution in [-0.4, -0.2) is 35.1 Å². The summed E-state index contributed by atoms with van der Waals surface area (Å²) in [6.45, 7) is 10.8. The van der Waals surface area contributed by atoms with E-state index in [4.69, 9.17) is 4.74 Å². The van der Waals surface area contributed by atoms with Gasteiger partial charge in [0.2, 0.25) is 0 Å². The molecular formula is C28H33N3O2. The SMILES string of the molecule is CCOc1ccc(C(=O)N2CCC3(CC2)Nc2ccc(C(C)(C)C)cc2-n2cccc23)cc1. The lowest BCUT2D eigenvalue weighted by molar-refractivity contribution is 0.0676. The van der Waals surface area contributed by atoms with Gasteiger partial charge in [-0.3, -0.25) is 4.79 Å². The van der Waals surface area contributed by atoms with E-state index in [0.717, 1.165) is 42.9 Å². The van der Waals surface area contributed by atoms with Gasteiger partial charge >= 0.3 is 0 Å². The molecule has 1 amide bonds. The maximum absolute atomic E-state index is 13.1. The fourth-order valence-electron chi connectivity index (χ4n) is 5.12. The molecular weight excluding hydrogens is 410 g/mol. The number of fused-ring (bicyclic) bond motifs is 4. The monoisotopic (exact) mass is 443 g/mol. The van der Waals surface area contributed by atoms with E-state index in [1.165, 1.54) is 16.9 Å². The van der Waals surface area contributed by atoms with E-state index >= 15 is 0 Å². The van der Waals surface area contributed by atoms with Crippen molar-refractivity contribution in [3.8, 4) is 11.4 Å². The van der Waals surface area contributed by atoms with Crippen LogP contribution in [0.4, 0.5) is 5.69 Å². The zero-order chi connectivity index (χ0) is 23.2. The Labute approximate surface area is 196 Å². The van der Waals surface area contributed by atoms with E-state index in [1.54, 1.807) is 0 Å². The normalized spacial score (nSPS) is 16.7. The number of ether oxygens (including phenoxy) is 1. The van der Waals surface area contributed by atoms with Gasteiger partial charge in [-0.15, -0.1) is 0 Å². The van der Waals surface area contributed by atoms with Gasteiger partial charge in [0.25, 0.3) is 5.91 Å². The lowest BCUT2D eigenvalue weighted by Gasteiger charge is -2.46. The summed E-state index contributed by atoms with van der Waals surface area (Å²) in [5, 5.41) is 3.88. The van der Waals surface area contributed by atoms with Gasteiger partial charge in [0.05, 0.1) is 23.5 Å². The summed E-state index contributed by atoms with van der Waals surface area (Å²) in [7, 11) is 0. The van der Waals surface area contributed by atoms with E-state index in [0.29, 0.717) is 6.61 Å². The molecule has 5 heteroatoms. The highest BCUT2D eigenvalue weighted by atomic mass is 16.5. The summed E-state index contributed by atoms with van der Waals surface area (Å²) in [4.78, 5) is 15.1. The second-order valence-electron chi connectivity index (χ2n) is 10.2. The van der Waals surface area contributed by atoms with Crippen molar-refractivity contribution < 1.29 is 9.53 Å². The number of anilines is 1. The third-order valence-corrected chi connectivity index (χ3v) is 7.05. The van der Waals surface area contributed by atoms with Crippen molar-refractivity contribution >= 4 is 11.6 Å². The zero-order valence-corrected chi connectivity index (χ0v) is 20.0. The summed E-state index contributed by atoms with van der Waals surface area (Å²) in [6.07, 6.45) is 3.92. The number of carbonyl (C=O) groups is 1. The molecule has 1 saturated heterocycles. The Bertz CT molecular complexity index is 1160. The molecule has 0 aliphatic carbocycles. The molecule has 0 unspecified atom stereocenters. The third kappa shape index (κ3) is 3.79. The molecule has 3 heterocycles. The summed E-state index contributed by atoms with van der Waals surface area (Å²) >= 11 is 0. The molecule has 3 aromatic rings. The van der Waals surface area contributed by atoms with Crippen LogP contribution in [0.2, 0.25) is 0 Å². The average Bonchev–Trinajstić information content (AvgIpc) is 3.31. The molecule has 5 nitrogen and oxygen atoms in total. The number of carbonyl (C=O) groups excluding carboxylic acids is 1. The van der Waals surface area contributed by atoms with E-state index in [9.17, 15) is 4.79 Å². The van der Waals surface area contributed by atoms with Crippen molar-refractivity contribution in [2.75, 3.05) is 25.0 Å². The number of nitrogens with one attached hydrogen (secondary N) is 1. The molecule has 1 N–H and O–H groups in total. The minimum Gasteiger partial charge on any atom is -0.494 e. The molecule has 0 atom stereocenters. The Morgan fingerprint density at radius 2 is 1.79 bits per heavy atom. The Hall–Kier alpha value is -3.21.